The molecule has 1 fully saturated rings. The van der Waals surface area contributed by atoms with Crippen molar-refractivity contribution in [3.05, 3.63) is 22.8 Å². The molecular weight excluding hydrogens is 299 g/mol. The Bertz CT molecular complexity index is 255. The van der Waals surface area contributed by atoms with Gasteiger partial charge < -0.3 is 0 Å². The van der Waals surface area contributed by atoms with Crippen molar-refractivity contribution in [3.63, 3.8) is 0 Å². The predicted molar refractivity (Wildman–Crippen MR) is 50.6 cm³/mol. The predicted octanol–water partition coefficient (Wildman–Crippen LogP) is -2.37. The zero-order valence-electron chi connectivity index (χ0n) is 7.34. The maximum atomic E-state index is 5.22. The molecule has 0 radical (unpaired) electrons. The van der Waals surface area contributed by atoms with E-state index in [2.05, 4.69) is 21.1 Å². The molecule has 2 rings (SSSR count). The van der Waals surface area contributed by atoms with Crippen LogP contribution in [0, 0.1) is 0 Å². The van der Waals surface area contributed by atoms with Crippen LogP contribution in [-0.2, 0) is 4.74 Å². The van der Waals surface area contributed by atoms with Crippen LogP contribution in [0.4, 0.5) is 0 Å². The Morgan fingerprint density at radius 1 is 1.69 bits per heavy atom. The fourth-order valence-corrected chi connectivity index (χ4v) is 4.76. The zero-order chi connectivity index (χ0) is 9.10. The summed E-state index contributed by atoms with van der Waals surface area (Å²) in [7, 11) is 1.72. The molecule has 5 heteroatoms. The van der Waals surface area contributed by atoms with Crippen LogP contribution in [0.25, 0.3) is 0 Å². The molecule has 1 saturated heterocycles. The van der Waals surface area contributed by atoms with Crippen molar-refractivity contribution in [1.29, 1.82) is 0 Å². The molecule has 3 nitrogen and oxygen atoms in total. The summed E-state index contributed by atoms with van der Waals surface area (Å²) >= 11 is 2.13. The van der Waals surface area contributed by atoms with Gasteiger partial charge in [0.1, 0.15) is 0 Å². The van der Waals surface area contributed by atoms with E-state index in [1.807, 2.05) is 11.8 Å². The Balaban J connectivity index is 2.13. The normalized spacial score (nSPS) is 28.5. The number of hydrogen-bond donors (Lipinski definition) is 2. The first-order valence-electron chi connectivity index (χ1n) is 4.04. The van der Waals surface area contributed by atoms with Gasteiger partial charge in [0, 0.05) is 0 Å². The summed E-state index contributed by atoms with van der Waals surface area (Å²) < 4.78 is 9.96. The quantitative estimate of drug-likeness (QED) is 0.322. The van der Waals surface area contributed by atoms with E-state index >= 15 is 0 Å². The number of hydrogen-bond acceptors (Lipinski definition) is 4. The van der Waals surface area contributed by atoms with Crippen LogP contribution in [-0.4, -0.2) is 23.6 Å². The Morgan fingerprint density at radius 2 is 2.62 bits per heavy atom. The van der Waals surface area contributed by atoms with Gasteiger partial charge in [-0.1, -0.05) is 0 Å². The van der Waals surface area contributed by atoms with Gasteiger partial charge in [0.15, 0.2) is 0 Å². The molecule has 2 heterocycles. The first kappa shape index (κ1) is 9.82. The van der Waals surface area contributed by atoms with Gasteiger partial charge in [-0.05, 0) is 0 Å². The van der Waals surface area contributed by atoms with Crippen LogP contribution in [0.2, 0.25) is 0 Å². The number of ether oxygens (including phenoxy) is 1. The van der Waals surface area contributed by atoms with E-state index in [1.165, 1.54) is 14.2 Å². The van der Waals surface area contributed by atoms with E-state index in [0.29, 0.717) is 0 Å². The van der Waals surface area contributed by atoms with E-state index < -0.39 is 0 Å². The molecule has 0 aliphatic carbocycles. The number of thioether (sulfide) groups is 1. The first-order valence-corrected chi connectivity index (χ1v) is 7.63. The summed E-state index contributed by atoms with van der Waals surface area (Å²) in [5, 5.41) is 3.20. The monoisotopic (exact) mass is 311 g/mol. The second kappa shape index (κ2) is 4.68. The molecule has 74 valence electrons. The van der Waals surface area contributed by atoms with E-state index in [-0.39, 0.29) is 27.7 Å². The number of rotatable bonds is 1. The van der Waals surface area contributed by atoms with Crippen LogP contribution in [0.1, 0.15) is 0 Å². The SMILES string of the molecule is COC1C=C2CN[I-]CSC2=CN1. The maximum absolute atomic E-state index is 5.22. The third-order valence-corrected chi connectivity index (χ3v) is 5.62. The van der Waals surface area contributed by atoms with Crippen LogP contribution < -0.4 is 30.3 Å². The summed E-state index contributed by atoms with van der Waals surface area (Å²) in [6.07, 6.45) is 4.28. The Kier molecular flexibility index (Phi) is 3.53. The number of fused-ring (bicyclic) bond motifs is 1. The van der Waals surface area contributed by atoms with Crippen molar-refractivity contribution in [3.8, 4) is 0 Å². The molecule has 1 atom stereocenters. The van der Waals surface area contributed by atoms with Crippen molar-refractivity contribution in [2.75, 3.05) is 17.4 Å². The summed E-state index contributed by atoms with van der Waals surface area (Å²) in [4.78, 5) is 1.37. The van der Waals surface area contributed by atoms with Crippen molar-refractivity contribution in [2.45, 2.75) is 6.23 Å². The molecular formula is C8H12IN2OS-. The molecule has 0 aromatic carbocycles. The number of alkyl halides is 1. The Hall–Kier alpha value is 0.280. The molecule has 0 spiro atoms. The molecule has 13 heavy (non-hydrogen) atoms. The summed E-state index contributed by atoms with van der Waals surface area (Å²) in [5.41, 5.74) is 1.38. The minimum atomic E-state index is 0.0532. The van der Waals surface area contributed by atoms with Gasteiger partial charge in [-0.3, -0.25) is 0 Å². The van der Waals surface area contributed by atoms with E-state index in [1.54, 1.807) is 7.11 Å². The number of methoxy groups -OCH3 is 1. The van der Waals surface area contributed by atoms with Crippen LogP contribution >= 0.6 is 11.8 Å². The van der Waals surface area contributed by atoms with Crippen molar-refractivity contribution >= 4 is 11.8 Å². The Morgan fingerprint density at radius 3 is 3.46 bits per heavy atom. The average Bonchev–Trinajstić information content (AvgIpc) is 2.41. The summed E-state index contributed by atoms with van der Waals surface area (Å²) in [6, 6.07) is 0. The third-order valence-electron chi connectivity index (χ3n) is 1.92. The molecule has 0 bridgehead atoms. The van der Waals surface area contributed by atoms with E-state index in [0.717, 1.165) is 6.54 Å². The summed E-state index contributed by atoms with van der Waals surface area (Å²) in [6.45, 7) is 1.01. The van der Waals surface area contributed by atoms with E-state index in [9.17, 15) is 0 Å². The van der Waals surface area contributed by atoms with Gasteiger partial charge in [-0.25, -0.2) is 0 Å². The van der Waals surface area contributed by atoms with Gasteiger partial charge in [-0.15, -0.1) is 0 Å². The molecule has 2 aliphatic rings. The first-order chi connectivity index (χ1) is 6.40. The van der Waals surface area contributed by atoms with Gasteiger partial charge >= 0.3 is 93.2 Å². The average molecular weight is 311 g/mol. The molecule has 2 N–H and O–H groups in total. The second-order valence-corrected chi connectivity index (χ2v) is 7.06. The van der Waals surface area contributed by atoms with Crippen LogP contribution in [0.5, 0.6) is 0 Å². The molecule has 2 aliphatic heterocycles. The second-order valence-electron chi connectivity index (χ2n) is 2.72. The number of nitrogens with one attached hydrogen (secondary N) is 2. The van der Waals surface area contributed by atoms with Crippen LogP contribution in [0.3, 0.4) is 0 Å². The van der Waals surface area contributed by atoms with Crippen molar-refractivity contribution in [1.82, 2.24) is 8.85 Å². The molecule has 1 unspecified atom stereocenters. The standard InChI is InChI=1S/C8H12IN2OS/c1-12-8-2-6-3-11-9-5-13-7(6)4-10-8/h2,4,8,10-11H,3,5H2,1H3/q-1. The van der Waals surface area contributed by atoms with Gasteiger partial charge in [-0.2, -0.15) is 0 Å². The van der Waals surface area contributed by atoms with Gasteiger partial charge in [0.05, 0.1) is 0 Å². The molecule has 0 aromatic heterocycles. The summed E-state index contributed by atoms with van der Waals surface area (Å²) in [5.74, 6) is 0. The molecule has 0 aromatic rings. The number of halogens is 1. The van der Waals surface area contributed by atoms with E-state index in [4.69, 9.17) is 4.74 Å². The van der Waals surface area contributed by atoms with Crippen molar-refractivity contribution in [2.24, 2.45) is 0 Å². The van der Waals surface area contributed by atoms with Gasteiger partial charge in [0.2, 0.25) is 0 Å². The zero-order valence-corrected chi connectivity index (χ0v) is 10.3. The van der Waals surface area contributed by atoms with Gasteiger partial charge in [0.25, 0.3) is 0 Å². The molecule has 0 amide bonds. The molecule has 0 saturated carbocycles. The third kappa shape index (κ3) is 2.39. The van der Waals surface area contributed by atoms with Crippen molar-refractivity contribution < 1.29 is 26.2 Å². The Labute approximate surface area is 93.0 Å². The van der Waals surface area contributed by atoms with Crippen LogP contribution in [0.15, 0.2) is 22.8 Å². The number of dihydropyridines is 1. The fraction of sp³-hybridized carbons (Fsp3) is 0.500. The topological polar surface area (TPSA) is 33.3 Å². The fourth-order valence-electron chi connectivity index (χ4n) is 1.22. The minimum absolute atomic E-state index is 0.0532.